The van der Waals surface area contributed by atoms with Crippen LogP contribution in [0.2, 0.25) is 0 Å². The summed E-state index contributed by atoms with van der Waals surface area (Å²) in [6, 6.07) is 1.29. The average molecular weight is 274 g/mol. The van der Waals surface area contributed by atoms with E-state index in [-0.39, 0.29) is 0 Å². The molecule has 0 atom stereocenters. The van der Waals surface area contributed by atoms with Crippen LogP contribution in [0.3, 0.4) is 0 Å². The number of allylic oxidation sites excluding steroid dienone is 1. The molecule has 0 aromatic carbocycles. The van der Waals surface area contributed by atoms with Gasteiger partial charge in [0, 0.05) is 25.7 Å². The van der Waals surface area contributed by atoms with E-state index in [0.29, 0.717) is 18.8 Å². The van der Waals surface area contributed by atoms with Crippen LogP contribution < -0.4 is 10.5 Å². The van der Waals surface area contributed by atoms with Crippen LogP contribution in [0.25, 0.3) is 0 Å². The second-order valence-electron chi connectivity index (χ2n) is 4.11. The predicted molar refractivity (Wildman–Crippen MR) is 70.3 cm³/mol. The van der Waals surface area contributed by atoms with Crippen molar-refractivity contribution in [2.75, 3.05) is 18.0 Å². The molecule has 0 spiro atoms. The lowest BCUT2D eigenvalue weighted by Crippen LogP contribution is -2.31. The minimum absolute atomic E-state index is 0.564. The van der Waals surface area contributed by atoms with Crippen molar-refractivity contribution in [3.05, 3.63) is 34.7 Å². The third-order valence-corrected chi connectivity index (χ3v) is 2.80. The van der Waals surface area contributed by atoms with E-state index >= 15 is 0 Å². The first-order valence-electron chi connectivity index (χ1n) is 5.99. The number of nitrogens with zero attached hydrogens (tertiary/aromatic N) is 3. The molecule has 0 aliphatic heterocycles. The van der Waals surface area contributed by atoms with Gasteiger partial charge in [-0.2, -0.15) is 5.10 Å². The predicted octanol–water partition coefficient (Wildman–Crippen LogP) is 2.03. The molecular formula is C11H16BF3N3O-. The summed E-state index contributed by atoms with van der Waals surface area (Å²) in [4.78, 5) is 13.6. The summed E-state index contributed by atoms with van der Waals surface area (Å²) >= 11 is 0. The van der Waals surface area contributed by atoms with E-state index in [2.05, 4.69) is 11.7 Å². The quantitative estimate of drug-likeness (QED) is 0.745. The van der Waals surface area contributed by atoms with Crippen LogP contribution in [0.15, 0.2) is 29.1 Å². The molecule has 1 heterocycles. The van der Waals surface area contributed by atoms with Gasteiger partial charge in [0.15, 0.2) is 0 Å². The highest BCUT2D eigenvalue weighted by molar-refractivity contribution is 6.66. The van der Waals surface area contributed by atoms with Crippen LogP contribution in [0.1, 0.15) is 13.8 Å². The highest BCUT2D eigenvalue weighted by Crippen LogP contribution is 2.19. The van der Waals surface area contributed by atoms with E-state index in [9.17, 15) is 17.7 Å². The Morgan fingerprint density at radius 1 is 1.42 bits per heavy atom. The van der Waals surface area contributed by atoms with Gasteiger partial charge in [0.2, 0.25) is 0 Å². The highest BCUT2D eigenvalue weighted by Gasteiger charge is 2.27. The topological polar surface area (TPSA) is 38.1 Å². The lowest BCUT2D eigenvalue weighted by Gasteiger charge is -2.21. The van der Waals surface area contributed by atoms with Crippen molar-refractivity contribution >= 4 is 12.7 Å². The Labute approximate surface area is 109 Å². The number of rotatable bonds is 6. The minimum Gasteiger partial charge on any atom is -0.445 e. The van der Waals surface area contributed by atoms with E-state index in [1.165, 1.54) is 12.3 Å². The Hall–Kier alpha value is -1.73. The monoisotopic (exact) mass is 274 g/mol. The Kier molecular flexibility index (Phi) is 4.80. The van der Waals surface area contributed by atoms with E-state index in [0.717, 1.165) is 4.68 Å². The van der Waals surface area contributed by atoms with Crippen molar-refractivity contribution in [2.45, 2.75) is 20.4 Å². The molecule has 0 N–H and O–H groups in total. The number of anilines is 1. The van der Waals surface area contributed by atoms with Crippen molar-refractivity contribution in [3.8, 4) is 0 Å². The fourth-order valence-corrected chi connectivity index (χ4v) is 1.60. The molecule has 1 rings (SSSR count). The second-order valence-corrected chi connectivity index (χ2v) is 4.11. The first kappa shape index (κ1) is 15.3. The van der Waals surface area contributed by atoms with Crippen LogP contribution in [0, 0.1) is 0 Å². The number of aromatic nitrogens is 2. The fraction of sp³-hybridized carbons (Fsp3) is 0.455. The zero-order chi connectivity index (χ0) is 14.6. The molecule has 8 heteroatoms. The van der Waals surface area contributed by atoms with Crippen molar-refractivity contribution in [3.63, 3.8) is 0 Å². The Bertz CT molecular complexity index is 509. The summed E-state index contributed by atoms with van der Waals surface area (Å²) in [7, 11) is 0. The lowest BCUT2D eigenvalue weighted by atomic mass is 9.80. The van der Waals surface area contributed by atoms with Gasteiger partial charge in [0.05, 0.1) is 11.9 Å². The van der Waals surface area contributed by atoms with Gasteiger partial charge in [0.1, 0.15) is 0 Å². The molecule has 0 bridgehead atoms. The van der Waals surface area contributed by atoms with E-state index in [4.69, 9.17) is 0 Å². The summed E-state index contributed by atoms with van der Waals surface area (Å²) in [5.41, 5.74) is -0.898. The van der Waals surface area contributed by atoms with Crippen LogP contribution in [0.5, 0.6) is 0 Å². The van der Waals surface area contributed by atoms with Gasteiger partial charge in [-0.15, -0.1) is 12.1 Å². The van der Waals surface area contributed by atoms with Crippen LogP contribution in [-0.4, -0.2) is 29.8 Å². The molecule has 0 saturated heterocycles. The summed E-state index contributed by atoms with van der Waals surface area (Å²) in [6.45, 7) is 2.40. The lowest BCUT2D eigenvalue weighted by molar-refractivity contribution is 0.477. The molecule has 0 saturated carbocycles. The van der Waals surface area contributed by atoms with Crippen LogP contribution >= 0.6 is 0 Å². The maximum absolute atomic E-state index is 12.4. The molecule has 0 aliphatic carbocycles. The van der Waals surface area contributed by atoms with Crippen LogP contribution in [0.4, 0.5) is 18.6 Å². The second kappa shape index (κ2) is 5.94. The van der Waals surface area contributed by atoms with E-state index in [1.54, 1.807) is 0 Å². The molecule has 1 aromatic rings. The molecule has 0 amide bonds. The zero-order valence-electron chi connectivity index (χ0n) is 10.9. The molecule has 19 heavy (non-hydrogen) atoms. The molecule has 1 aromatic heterocycles. The van der Waals surface area contributed by atoms with Gasteiger partial charge in [-0.1, -0.05) is 0 Å². The Morgan fingerprint density at radius 2 is 2.00 bits per heavy atom. The molecule has 0 unspecified atom stereocenters. The van der Waals surface area contributed by atoms with Gasteiger partial charge < -0.3 is 17.8 Å². The van der Waals surface area contributed by atoms with Crippen molar-refractivity contribution < 1.29 is 12.9 Å². The van der Waals surface area contributed by atoms with E-state index in [1.807, 2.05) is 18.7 Å². The fourth-order valence-electron chi connectivity index (χ4n) is 1.60. The maximum atomic E-state index is 12.4. The van der Waals surface area contributed by atoms with Gasteiger partial charge in [-0.05, 0) is 13.8 Å². The normalized spacial score (nSPS) is 11.4. The van der Waals surface area contributed by atoms with Crippen molar-refractivity contribution in [2.24, 2.45) is 0 Å². The minimum atomic E-state index is -5.15. The number of hydrogen-bond donors (Lipinski definition) is 0. The smallest absolute Gasteiger partial charge is 0.445 e. The molecular weight excluding hydrogens is 258 g/mol. The first-order chi connectivity index (χ1) is 8.79. The Balaban J connectivity index is 2.96. The Morgan fingerprint density at radius 3 is 2.42 bits per heavy atom. The summed E-state index contributed by atoms with van der Waals surface area (Å²) in [5.74, 6) is 0. The first-order valence-corrected chi connectivity index (χ1v) is 5.99. The molecule has 0 fully saturated rings. The molecule has 0 aliphatic rings. The van der Waals surface area contributed by atoms with E-state index < -0.39 is 24.6 Å². The van der Waals surface area contributed by atoms with Gasteiger partial charge >= 0.3 is 6.98 Å². The molecule has 0 radical (unpaired) electrons. The number of halogens is 3. The van der Waals surface area contributed by atoms with Crippen LogP contribution in [-0.2, 0) is 6.54 Å². The van der Waals surface area contributed by atoms with Crippen molar-refractivity contribution in [1.29, 1.82) is 0 Å². The third-order valence-electron chi connectivity index (χ3n) is 2.80. The van der Waals surface area contributed by atoms with Crippen molar-refractivity contribution in [1.82, 2.24) is 9.78 Å². The third kappa shape index (κ3) is 3.87. The zero-order valence-corrected chi connectivity index (χ0v) is 10.9. The standard InChI is InChI=1S/C11H16BF3N3O/c1-4-17(5-2)10-6-11(19)18(16-7-10)8-9(3)12(13,14)15/h6-7H,3-5,8H2,1-2H3/q-1. The van der Waals surface area contributed by atoms with Gasteiger partial charge in [-0.3, -0.25) is 4.79 Å². The summed E-state index contributed by atoms with van der Waals surface area (Å²) in [5, 5.41) is 3.76. The average Bonchev–Trinajstić information content (AvgIpc) is 2.32. The summed E-state index contributed by atoms with van der Waals surface area (Å²) < 4.78 is 38.0. The maximum Gasteiger partial charge on any atom is 0.506 e. The summed E-state index contributed by atoms with van der Waals surface area (Å²) in [6.07, 6.45) is 1.39. The largest absolute Gasteiger partial charge is 0.506 e. The molecule has 4 nitrogen and oxygen atoms in total. The highest BCUT2D eigenvalue weighted by atomic mass is 19.4. The SMILES string of the molecule is C=C(Cn1ncc(N(CC)CC)cc1=O)[B-](F)(F)F. The molecule has 106 valence electrons. The number of hydrogen-bond acceptors (Lipinski definition) is 3. The van der Waals surface area contributed by atoms with Gasteiger partial charge in [-0.25, -0.2) is 4.68 Å². The van der Waals surface area contributed by atoms with Gasteiger partial charge in [0.25, 0.3) is 5.56 Å².